The molecule has 0 saturated carbocycles. The number of hydrogen-bond acceptors (Lipinski definition) is 6. The van der Waals surface area contributed by atoms with Gasteiger partial charge in [0.1, 0.15) is 0 Å². The van der Waals surface area contributed by atoms with Crippen molar-refractivity contribution < 1.29 is 0 Å². The van der Waals surface area contributed by atoms with Crippen LogP contribution in [-0.2, 0) is 0 Å². The highest BCUT2D eigenvalue weighted by Gasteiger charge is 2.17. The van der Waals surface area contributed by atoms with E-state index >= 15 is 0 Å². The van der Waals surface area contributed by atoms with E-state index in [1.54, 1.807) is 0 Å². The van der Waals surface area contributed by atoms with Crippen LogP contribution in [0.3, 0.4) is 0 Å². The smallest absolute Gasteiger partial charge is 0.164 e. The summed E-state index contributed by atoms with van der Waals surface area (Å²) >= 11 is 3.66. The molecule has 0 aliphatic rings. The topological polar surface area (TPSA) is 51.6 Å². The van der Waals surface area contributed by atoms with Crippen LogP contribution in [0.25, 0.3) is 108 Å². The van der Waals surface area contributed by atoms with Crippen molar-refractivity contribution in [2.24, 2.45) is 0 Å². The molecular formula is C48H28N4S2. The third-order valence-electron chi connectivity index (χ3n) is 10.2. The summed E-state index contributed by atoms with van der Waals surface area (Å²) in [5, 5.41) is 6.16. The van der Waals surface area contributed by atoms with Gasteiger partial charge in [-0.25, -0.2) is 19.9 Å². The quantitative estimate of drug-likeness (QED) is 0.177. The molecule has 11 aromatic rings. The van der Waals surface area contributed by atoms with Crippen molar-refractivity contribution in [1.82, 2.24) is 19.9 Å². The number of rotatable bonds is 5. The van der Waals surface area contributed by atoms with E-state index in [-0.39, 0.29) is 0 Å². The van der Waals surface area contributed by atoms with Crippen LogP contribution in [0.1, 0.15) is 0 Å². The number of benzene rings is 7. The Labute approximate surface area is 318 Å². The molecule has 0 fully saturated rings. The highest BCUT2D eigenvalue weighted by molar-refractivity contribution is 7.27. The number of aromatic nitrogens is 4. The molecule has 4 nitrogen and oxygen atoms in total. The summed E-state index contributed by atoms with van der Waals surface area (Å²) in [5.41, 5.74) is 8.27. The summed E-state index contributed by atoms with van der Waals surface area (Å²) in [6.45, 7) is 0. The molecule has 0 spiro atoms. The molecule has 4 aromatic heterocycles. The normalized spacial score (nSPS) is 11.7. The summed E-state index contributed by atoms with van der Waals surface area (Å²) in [6, 6.07) is 59.6. The van der Waals surface area contributed by atoms with E-state index in [9.17, 15) is 0 Å². The Balaban J connectivity index is 0.999. The van der Waals surface area contributed by atoms with Gasteiger partial charge in [0.2, 0.25) is 0 Å². The second-order valence-corrected chi connectivity index (χ2v) is 15.5. The molecule has 54 heavy (non-hydrogen) atoms. The maximum Gasteiger partial charge on any atom is 0.164 e. The van der Waals surface area contributed by atoms with Crippen molar-refractivity contribution in [3.05, 3.63) is 170 Å². The highest BCUT2D eigenvalue weighted by atomic mass is 32.1. The standard InChI is InChI=1S/C48H28N4S2/c1-2-11-31(12-3-1)46-50-47(32-25-21-29(22-26-32)34-17-10-18-37-35-13-6-8-19-40(35)53-44(34)37)52-48(51-46)33-27-23-30(24-28-33)42-36-14-4-5-15-38(36)45-43(49-42)39-16-7-9-20-41(39)54-45/h1-28H. The lowest BCUT2D eigenvalue weighted by Crippen LogP contribution is -2.00. The Hall–Kier alpha value is -6.60. The summed E-state index contributed by atoms with van der Waals surface area (Å²) in [5.74, 6) is 1.90. The third kappa shape index (κ3) is 5.11. The number of thiophene rings is 2. The highest BCUT2D eigenvalue weighted by Crippen LogP contribution is 2.42. The van der Waals surface area contributed by atoms with Gasteiger partial charge in [-0.1, -0.05) is 158 Å². The summed E-state index contributed by atoms with van der Waals surface area (Å²) in [7, 11) is 0. The van der Waals surface area contributed by atoms with Gasteiger partial charge in [0, 0.05) is 63.3 Å². The molecule has 0 unspecified atom stereocenters. The van der Waals surface area contributed by atoms with Crippen LogP contribution >= 0.6 is 22.7 Å². The predicted octanol–water partition coefficient (Wildman–Crippen LogP) is 13.5. The minimum Gasteiger partial charge on any atom is -0.246 e. The number of pyridine rings is 1. The molecule has 0 aliphatic carbocycles. The largest absolute Gasteiger partial charge is 0.246 e. The first-order chi connectivity index (χ1) is 26.7. The van der Waals surface area contributed by atoms with Gasteiger partial charge < -0.3 is 0 Å². The summed E-state index contributed by atoms with van der Waals surface area (Å²) < 4.78 is 5.08. The first kappa shape index (κ1) is 31.0. The fraction of sp³-hybridized carbons (Fsp3) is 0. The fourth-order valence-electron chi connectivity index (χ4n) is 7.51. The van der Waals surface area contributed by atoms with Crippen LogP contribution < -0.4 is 0 Å². The van der Waals surface area contributed by atoms with Crippen LogP contribution in [0.5, 0.6) is 0 Å². The Morgan fingerprint density at radius 2 is 0.759 bits per heavy atom. The average Bonchev–Trinajstić information content (AvgIpc) is 3.83. The van der Waals surface area contributed by atoms with Gasteiger partial charge in [-0.2, -0.15) is 0 Å². The van der Waals surface area contributed by atoms with E-state index < -0.39 is 0 Å². The molecule has 11 rings (SSSR count). The van der Waals surface area contributed by atoms with Gasteiger partial charge in [0.05, 0.1) is 15.9 Å². The van der Waals surface area contributed by atoms with E-state index in [0.29, 0.717) is 17.5 Å². The molecular weight excluding hydrogens is 697 g/mol. The predicted molar refractivity (Wildman–Crippen MR) is 228 cm³/mol. The molecule has 0 radical (unpaired) electrons. The zero-order chi connectivity index (χ0) is 35.6. The number of hydrogen-bond donors (Lipinski definition) is 0. The molecule has 4 heterocycles. The molecule has 0 amide bonds. The van der Waals surface area contributed by atoms with E-state index in [2.05, 4.69) is 140 Å². The average molecular weight is 725 g/mol. The summed E-state index contributed by atoms with van der Waals surface area (Å²) in [4.78, 5) is 20.4. The molecule has 252 valence electrons. The van der Waals surface area contributed by atoms with E-state index in [0.717, 1.165) is 38.9 Å². The van der Waals surface area contributed by atoms with Crippen molar-refractivity contribution in [2.75, 3.05) is 0 Å². The zero-order valence-corrected chi connectivity index (χ0v) is 30.4. The number of fused-ring (bicyclic) bond motifs is 8. The molecule has 7 aromatic carbocycles. The lowest BCUT2D eigenvalue weighted by molar-refractivity contribution is 1.07. The molecule has 6 heteroatoms. The fourth-order valence-corrected chi connectivity index (χ4v) is 9.93. The van der Waals surface area contributed by atoms with Gasteiger partial charge in [0.15, 0.2) is 17.5 Å². The molecule has 0 aliphatic heterocycles. The van der Waals surface area contributed by atoms with Gasteiger partial charge in [-0.15, -0.1) is 22.7 Å². The first-order valence-electron chi connectivity index (χ1n) is 17.9. The first-order valence-corrected chi connectivity index (χ1v) is 19.5. The van der Waals surface area contributed by atoms with E-state index in [1.807, 2.05) is 53.0 Å². The van der Waals surface area contributed by atoms with Crippen molar-refractivity contribution >= 4 is 73.9 Å². The monoisotopic (exact) mass is 724 g/mol. The van der Waals surface area contributed by atoms with Gasteiger partial charge in [-0.3, -0.25) is 0 Å². The third-order valence-corrected chi connectivity index (χ3v) is 12.6. The van der Waals surface area contributed by atoms with Gasteiger partial charge >= 0.3 is 0 Å². The van der Waals surface area contributed by atoms with Crippen molar-refractivity contribution in [2.45, 2.75) is 0 Å². The minimum absolute atomic E-state index is 0.627. The molecule has 0 bridgehead atoms. The maximum absolute atomic E-state index is 5.30. The minimum atomic E-state index is 0.627. The Bertz CT molecular complexity index is 3200. The summed E-state index contributed by atoms with van der Waals surface area (Å²) in [6.07, 6.45) is 0. The lowest BCUT2D eigenvalue weighted by Gasteiger charge is -2.11. The van der Waals surface area contributed by atoms with Crippen LogP contribution in [0, 0.1) is 0 Å². The van der Waals surface area contributed by atoms with Crippen molar-refractivity contribution in [3.63, 3.8) is 0 Å². The van der Waals surface area contributed by atoms with Crippen molar-refractivity contribution in [3.8, 4) is 56.5 Å². The van der Waals surface area contributed by atoms with Crippen molar-refractivity contribution in [1.29, 1.82) is 0 Å². The SMILES string of the molecule is c1ccc(-c2nc(-c3ccc(-c4nc5c6ccccc6sc5c5ccccc45)cc3)nc(-c3ccc(-c4cccc5c4sc4ccccc45)cc3)n2)cc1. The van der Waals surface area contributed by atoms with Gasteiger partial charge in [-0.05, 0) is 23.3 Å². The Kier molecular flexibility index (Phi) is 7.18. The van der Waals surface area contributed by atoms with Crippen LogP contribution in [-0.4, -0.2) is 19.9 Å². The van der Waals surface area contributed by atoms with Gasteiger partial charge in [0.25, 0.3) is 0 Å². The van der Waals surface area contributed by atoms with Crippen LogP contribution in [0.2, 0.25) is 0 Å². The number of nitrogens with zero attached hydrogens (tertiary/aromatic N) is 4. The second kappa shape index (κ2) is 12.5. The Morgan fingerprint density at radius 1 is 0.296 bits per heavy atom. The Morgan fingerprint density at radius 3 is 1.44 bits per heavy atom. The molecule has 0 saturated heterocycles. The maximum atomic E-state index is 5.30. The molecule has 0 atom stereocenters. The van der Waals surface area contributed by atoms with Crippen LogP contribution in [0.4, 0.5) is 0 Å². The van der Waals surface area contributed by atoms with Crippen LogP contribution in [0.15, 0.2) is 170 Å². The second-order valence-electron chi connectivity index (χ2n) is 13.4. The van der Waals surface area contributed by atoms with E-state index in [1.165, 1.54) is 51.5 Å². The lowest BCUT2D eigenvalue weighted by atomic mass is 10.0. The molecule has 0 N–H and O–H groups in total. The zero-order valence-electron chi connectivity index (χ0n) is 28.8. The van der Waals surface area contributed by atoms with E-state index in [4.69, 9.17) is 19.9 Å².